The SMILES string of the molecule is CCC(O)COc1cc(Cl)ccc1C#N. The second-order valence-corrected chi connectivity index (χ2v) is 3.56. The number of rotatable bonds is 4. The molecule has 1 aromatic carbocycles. The molecule has 0 aliphatic rings. The van der Waals surface area contributed by atoms with Gasteiger partial charge in [0, 0.05) is 11.1 Å². The zero-order valence-corrected chi connectivity index (χ0v) is 9.16. The van der Waals surface area contributed by atoms with Crippen molar-refractivity contribution >= 4 is 11.6 Å². The molecule has 0 aliphatic heterocycles. The number of ether oxygens (including phenoxy) is 1. The van der Waals surface area contributed by atoms with Crippen LogP contribution in [0.25, 0.3) is 0 Å². The highest BCUT2D eigenvalue weighted by molar-refractivity contribution is 6.30. The highest BCUT2D eigenvalue weighted by atomic mass is 35.5. The Balaban J connectivity index is 2.75. The fraction of sp³-hybridized carbons (Fsp3) is 0.364. The highest BCUT2D eigenvalue weighted by Crippen LogP contribution is 2.22. The van der Waals surface area contributed by atoms with Crippen LogP contribution in [0.15, 0.2) is 18.2 Å². The van der Waals surface area contributed by atoms with Crippen LogP contribution in [-0.4, -0.2) is 17.8 Å². The van der Waals surface area contributed by atoms with Gasteiger partial charge in [-0.15, -0.1) is 0 Å². The van der Waals surface area contributed by atoms with E-state index in [-0.39, 0.29) is 6.61 Å². The van der Waals surface area contributed by atoms with E-state index in [1.54, 1.807) is 18.2 Å². The predicted molar refractivity (Wildman–Crippen MR) is 58.0 cm³/mol. The van der Waals surface area contributed by atoms with Crippen molar-refractivity contribution in [2.24, 2.45) is 0 Å². The summed E-state index contributed by atoms with van der Waals surface area (Å²) in [7, 11) is 0. The van der Waals surface area contributed by atoms with Gasteiger partial charge < -0.3 is 9.84 Å². The molecular formula is C11H12ClNO2. The maximum Gasteiger partial charge on any atom is 0.138 e. The first-order chi connectivity index (χ1) is 7.17. The van der Waals surface area contributed by atoms with E-state index in [4.69, 9.17) is 21.6 Å². The third-order valence-electron chi connectivity index (χ3n) is 1.97. The van der Waals surface area contributed by atoms with E-state index in [1.807, 2.05) is 13.0 Å². The van der Waals surface area contributed by atoms with E-state index < -0.39 is 6.10 Å². The maximum atomic E-state index is 9.31. The van der Waals surface area contributed by atoms with Gasteiger partial charge in [0.2, 0.25) is 0 Å². The van der Waals surface area contributed by atoms with Crippen LogP contribution in [0.5, 0.6) is 5.75 Å². The minimum absolute atomic E-state index is 0.172. The fourth-order valence-corrected chi connectivity index (χ4v) is 1.17. The molecule has 0 heterocycles. The molecule has 1 rings (SSSR count). The zero-order chi connectivity index (χ0) is 11.3. The van der Waals surface area contributed by atoms with Gasteiger partial charge in [-0.2, -0.15) is 5.26 Å². The molecule has 3 nitrogen and oxygen atoms in total. The standard InChI is InChI=1S/C11H12ClNO2/c1-2-10(14)7-15-11-5-9(12)4-3-8(11)6-13/h3-5,10,14H,2,7H2,1H3. The lowest BCUT2D eigenvalue weighted by Gasteiger charge is -2.11. The molecule has 1 atom stereocenters. The van der Waals surface area contributed by atoms with Crippen molar-refractivity contribution in [2.75, 3.05) is 6.61 Å². The smallest absolute Gasteiger partial charge is 0.138 e. The molecule has 4 heteroatoms. The van der Waals surface area contributed by atoms with Crippen LogP contribution >= 0.6 is 11.6 Å². The summed E-state index contributed by atoms with van der Waals surface area (Å²) in [6.45, 7) is 2.03. The normalized spacial score (nSPS) is 11.9. The van der Waals surface area contributed by atoms with Crippen molar-refractivity contribution in [3.63, 3.8) is 0 Å². The van der Waals surface area contributed by atoms with Gasteiger partial charge >= 0.3 is 0 Å². The minimum Gasteiger partial charge on any atom is -0.489 e. The molecule has 0 fully saturated rings. The summed E-state index contributed by atoms with van der Waals surface area (Å²) in [5.41, 5.74) is 0.419. The Bertz CT molecular complexity index is 373. The van der Waals surface area contributed by atoms with E-state index in [0.29, 0.717) is 22.8 Å². The minimum atomic E-state index is -0.518. The van der Waals surface area contributed by atoms with Crippen LogP contribution in [0.3, 0.4) is 0 Å². The van der Waals surface area contributed by atoms with Gasteiger partial charge in [0.1, 0.15) is 18.4 Å². The Hall–Kier alpha value is -1.24. The second kappa shape index (κ2) is 5.59. The van der Waals surface area contributed by atoms with Crippen LogP contribution in [0, 0.1) is 11.3 Å². The molecule has 0 radical (unpaired) electrons. The van der Waals surface area contributed by atoms with E-state index in [1.165, 1.54) is 0 Å². The third kappa shape index (κ3) is 3.43. The Morgan fingerprint density at radius 1 is 1.60 bits per heavy atom. The number of halogens is 1. The summed E-state index contributed by atoms with van der Waals surface area (Å²) >= 11 is 5.77. The molecule has 1 aromatic rings. The lowest BCUT2D eigenvalue weighted by Crippen LogP contribution is -2.16. The summed E-state index contributed by atoms with van der Waals surface area (Å²) in [5.74, 6) is 0.414. The van der Waals surface area contributed by atoms with Crippen LogP contribution in [0.2, 0.25) is 5.02 Å². The predicted octanol–water partition coefficient (Wildman–Crippen LogP) is 2.36. The van der Waals surface area contributed by atoms with E-state index in [9.17, 15) is 5.11 Å². The number of aliphatic hydroxyl groups excluding tert-OH is 1. The highest BCUT2D eigenvalue weighted by Gasteiger charge is 2.06. The van der Waals surface area contributed by atoms with Crippen LogP contribution in [0.1, 0.15) is 18.9 Å². The summed E-state index contributed by atoms with van der Waals surface area (Å²) in [4.78, 5) is 0. The van der Waals surface area contributed by atoms with Gasteiger partial charge in [-0.25, -0.2) is 0 Å². The van der Waals surface area contributed by atoms with Gasteiger partial charge in [0.05, 0.1) is 11.7 Å². The zero-order valence-electron chi connectivity index (χ0n) is 8.40. The Morgan fingerprint density at radius 3 is 2.93 bits per heavy atom. The van der Waals surface area contributed by atoms with Crippen molar-refractivity contribution in [1.82, 2.24) is 0 Å². The first kappa shape index (κ1) is 11.8. The largest absolute Gasteiger partial charge is 0.489 e. The summed E-state index contributed by atoms with van der Waals surface area (Å²) < 4.78 is 5.30. The first-order valence-electron chi connectivity index (χ1n) is 4.68. The molecule has 0 spiro atoms. The van der Waals surface area contributed by atoms with Crippen molar-refractivity contribution in [1.29, 1.82) is 5.26 Å². The second-order valence-electron chi connectivity index (χ2n) is 3.13. The Labute approximate surface area is 93.9 Å². The monoisotopic (exact) mass is 225 g/mol. The van der Waals surface area contributed by atoms with Crippen LogP contribution < -0.4 is 4.74 Å². The Kier molecular flexibility index (Phi) is 4.41. The summed E-state index contributed by atoms with van der Waals surface area (Å²) in [6.07, 6.45) is 0.0955. The van der Waals surface area contributed by atoms with E-state index >= 15 is 0 Å². The van der Waals surface area contributed by atoms with E-state index in [2.05, 4.69) is 0 Å². The molecule has 1 N–H and O–H groups in total. The lowest BCUT2D eigenvalue weighted by atomic mass is 10.2. The van der Waals surface area contributed by atoms with Crippen molar-refractivity contribution in [3.05, 3.63) is 28.8 Å². The fourth-order valence-electron chi connectivity index (χ4n) is 1.01. The van der Waals surface area contributed by atoms with Gasteiger partial charge in [-0.3, -0.25) is 0 Å². The number of nitrogens with zero attached hydrogens (tertiary/aromatic N) is 1. The van der Waals surface area contributed by atoms with Gasteiger partial charge in [0.15, 0.2) is 0 Å². The molecule has 1 unspecified atom stereocenters. The maximum absolute atomic E-state index is 9.31. The number of hydrogen-bond donors (Lipinski definition) is 1. The average molecular weight is 226 g/mol. The van der Waals surface area contributed by atoms with Crippen LogP contribution in [0.4, 0.5) is 0 Å². The number of aliphatic hydroxyl groups is 1. The molecule has 0 saturated heterocycles. The number of benzene rings is 1. The molecule has 0 aliphatic carbocycles. The number of nitriles is 1. The van der Waals surface area contributed by atoms with Crippen molar-refractivity contribution in [3.8, 4) is 11.8 Å². The molecule has 0 saturated carbocycles. The van der Waals surface area contributed by atoms with E-state index in [0.717, 1.165) is 0 Å². The van der Waals surface area contributed by atoms with Gasteiger partial charge in [-0.05, 0) is 18.6 Å². The summed E-state index contributed by atoms with van der Waals surface area (Å²) in [6, 6.07) is 6.79. The molecule has 15 heavy (non-hydrogen) atoms. The molecule has 0 amide bonds. The van der Waals surface area contributed by atoms with Crippen molar-refractivity contribution < 1.29 is 9.84 Å². The third-order valence-corrected chi connectivity index (χ3v) is 2.20. The Morgan fingerprint density at radius 2 is 2.33 bits per heavy atom. The quantitative estimate of drug-likeness (QED) is 0.856. The van der Waals surface area contributed by atoms with Gasteiger partial charge in [-0.1, -0.05) is 18.5 Å². The lowest BCUT2D eigenvalue weighted by molar-refractivity contribution is 0.104. The molecule has 0 aromatic heterocycles. The van der Waals surface area contributed by atoms with Crippen LogP contribution in [-0.2, 0) is 0 Å². The van der Waals surface area contributed by atoms with Gasteiger partial charge in [0.25, 0.3) is 0 Å². The van der Waals surface area contributed by atoms with Crippen molar-refractivity contribution in [2.45, 2.75) is 19.4 Å². The summed E-state index contributed by atoms with van der Waals surface area (Å²) in [5, 5.41) is 18.6. The molecule has 80 valence electrons. The first-order valence-corrected chi connectivity index (χ1v) is 5.05. The average Bonchev–Trinajstić information content (AvgIpc) is 2.26. The number of hydrogen-bond acceptors (Lipinski definition) is 3. The molecule has 0 bridgehead atoms. The topological polar surface area (TPSA) is 53.2 Å². The molecular weight excluding hydrogens is 214 g/mol.